The maximum absolute atomic E-state index is 11.7. The fraction of sp³-hybridized carbons (Fsp3) is 0.857. The molecule has 0 heterocycles. The molecule has 0 aromatic rings. The van der Waals surface area contributed by atoms with Crippen molar-refractivity contribution in [3.63, 3.8) is 0 Å². The number of carboxylic acid groups (broad SMARTS) is 1. The molecule has 0 saturated heterocycles. The molecule has 0 aliphatic heterocycles. The van der Waals surface area contributed by atoms with Crippen LogP contribution in [0.2, 0.25) is 6.04 Å². The van der Waals surface area contributed by atoms with E-state index in [1.807, 2.05) is 20.8 Å². The molecule has 7 nitrogen and oxygen atoms in total. The molecular weight excluding hydrogens is 306 g/mol. The van der Waals surface area contributed by atoms with E-state index in [0.717, 1.165) is 0 Å². The first-order valence-corrected chi connectivity index (χ1v) is 9.75. The van der Waals surface area contributed by atoms with Crippen molar-refractivity contribution in [3.8, 4) is 0 Å². The predicted molar refractivity (Wildman–Crippen MR) is 84.5 cm³/mol. The van der Waals surface area contributed by atoms with Crippen molar-refractivity contribution < 1.29 is 28.0 Å². The molecule has 130 valence electrons. The first-order chi connectivity index (χ1) is 10.4. The van der Waals surface area contributed by atoms with Crippen LogP contribution in [0, 0.1) is 5.92 Å². The Labute approximate surface area is 133 Å². The summed E-state index contributed by atoms with van der Waals surface area (Å²) in [5, 5.41) is 11.4. The average molecular weight is 335 g/mol. The van der Waals surface area contributed by atoms with Crippen molar-refractivity contribution in [1.82, 2.24) is 5.32 Å². The van der Waals surface area contributed by atoms with Gasteiger partial charge in [0.15, 0.2) is 0 Å². The topological polar surface area (TPSA) is 94.1 Å². The molecular formula is C14H29NO6Si. The second kappa shape index (κ2) is 11.6. The smallest absolute Gasteiger partial charge is 0.481 e. The van der Waals surface area contributed by atoms with Gasteiger partial charge in [0.2, 0.25) is 5.91 Å². The summed E-state index contributed by atoms with van der Waals surface area (Å²) < 4.78 is 17.2. The van der Waals surface area contributed by atoms with Gasteiger partial charge < -0.3 is 23.7 Å². The van der Waals surface area contributed by atoms with E-state index in [1.165, 1.54) is 0 Å². The van der Waals surface area contributed by atoms with Crippen molar-refractivity contribution >= 4 is 20.7 Å². The standard InChI is InChI=1S/C14H29NO6Si/c1-5-19-22(20-6-2,21-7-3)10-8-9-15-14(18)12(4)11-13(16)17/h12H,5-11H2,1-4H3,(H,15,18)(H,16,17). The summed E-state index contributed by atoms with van der Waals surface area (Å²) >= 11 is 0. The Hall–Kier alpha value is -0.963. The molecule has 0 spiro atoms. The summed E-state index contributed by atoms with van der Waals surface area (Å²) in [6, 6.07) is 0.621. The fourth-order valence-electron chi connectivity index (χ4n) is 2.05. The van der Waals surface area contributed by atoms with Gasteiger partial charge in [-0.25, -0.2) is 0 Å². The lowest BCUT2D eigenvalue weighted by Crippen LogP contribution is -2.46. The number of nitrogens with one attached hydrogen (secondary N) is 1. The molecule has 0 saturated carbocycles. The van der Waals surface area contributed by atoms with Gasteiger partial charge in [-0.3, -0.25) is 9.59 Å². The summed E-state index contributed by atoms with van der Waals surface area (Å²) in [5.74, 6) is -1.76. The molecule has 1 unspecified atom stereocenters. The lowest BCUT2D eigenvalue weighted by molar-refractivity contribution is -0.140. The van der Waals surface area contributed by atoms with Crippen LogP contribution >= 0.6 is 0 Å². The highest BCUT2D eigenvalue weighted by atomic mass is 28.4. The Morgan fingerprint density at radius 3 is 2.00 bits per heavy atom. The van der Waals surface area contributed by atoms with Crippen LogP contribution in [0.5, 0.6) is 0 Å². The molecule has 0 aliphatic rings. The minimum atomic E-state index is -2.67. The number of rotatable bonds is 13. The van der Waals surface area contributed by atoms with E-state index in [4.69, 9.17) is 18.4 Å². The Balaban J connectivity index is 4.26. The number of hydrogen-bond donors (Lipinski definition) is 2. The first kappa shape index (κ1) is 21.0. The molecule has 0 aliphatic carbocycles. The summed E-state index contributed by atoms with van der Waals surface area (Å²) in [4.78, 5) is 22.3. The lowest BCUT2D eigenvalue weighted by Gasteiger charge is -2.28. The third-order valence-corrected chi connectivity index (χ3v) is 6.13. The third-order valence-electron chi connectivity index (χ3n) is 2.98. The molecule has 8 heteroatoms. The third kappa shape index (κ3) is 8.47. The summed E-state index contributed by atoms with van der Waals surface area (Å²) in [7, 11) is -2.67. The van der Waals surface area contributed by atoms with Gasteiger partial charge in [0.25, 0.3) is 0 Å². The summed E-state index contributed by atoms with van der Waals surface area (Å²) in [6.45, 7) is 9.31. The lowest BCUT2D eigenvalue weighted by atomic mass is 10.1. The molecule has 0 radical (unpaired) electrons. The van der Waals surface area contributed by atoms with Gasteiger partial charge in [-0.2, -0.15) is 0 Å². The number of carbonyl (C=O) groups excluding carboxylic acids is 1. The SMILES string of the molecule is CCO[Si](CCCNC(=O)C(C)CC(=O)O)(OCC)OCC. The molecule has 1 amide bonds. The fourth-order valence-corrected chi connectivity index (χ4v) is 4.66. The van der Waals surface area contributed by atoms with E-state index >= 15 is 0 Å². The van der Waals surface area contributed by atoms with E-state index in [1.54, 1.807) is 6.92 Å². The first-order valence-electron chi connectivity index (χ1n) is 7.82. The minimum Gasteiger partial charge on any atom is -0.481 e. The predicted octanol–water partition coefficient (Wildman–Crippen LogP) is 1.65. The maximum atomic E-state index is 11.7. The van der Waals surface area contributed by atoms with Crippen molar-refractivity contribution in [2.75, 3.05) is 26.4 Å². The molecule has 1 atom stereocenters. The summed E-state index contributed by atoms with van der Waals surface area (Å²) in [5.41, 5.74) is 0. The molecule has 22 heavy (non-hydrogen) atoms. The van der Waals surface area contributed by atoms with Crippen molar-refractivity contribution in [2.45, 2.75) is 46.6 Å². The molecule has 0 fully saturated rings. The van der Waals surface area contributed by atoms with Crippen LogP contribution in [0.3, 0.4) is 0 Å². The highest BCUT2D eigenvalue weighted by Crippen LogP contribution is 2.17. The van der Waals surface area contributed by atoms with Crippen LogP contribution in [0.4, 0.5) is 0 Å². The van der Waals surface area contributed by atoms with Gasteiger partial charge in [0, 0.05) is 38.3 Å². The normalized spacial score (nSPS) is 12.9. The molecule has 0 aromatic carbocycles. The Bertz CT molecular complexity index is 322. The van der Waals surface area contributed by atoms with Gasteiger partial charge in [0.1, 0.15) is 0 Å². The van der Waals surface area contributed by atoms with Crippen molar-refractivity contribution in [2.24, 2.45) is 5.92 Å². The summed E-state index contributed by atoms with van der Waals surface area (Å²) in [6.07, 6.45) is 0.499. The van der Waals surface area contributed by atoms with E-state index < -0.39 is 20.7 Å². The van der Waals surface area contributed by atoms with Crippen LogP contribution in [0.15, 0.2) is 0 Å². The van der Waals surface area contributed by atoms with Crippen molar-refractivity contribution in [3.05, 3.63) is 0 Å². The second-order valence-corrected chi connectivity index (χ2v) is 7.61. The van der Waals surface area contributed by atoms with Gasteiger partial charge in [-0.05, 0) is 27.2 Å². The zero-order chi connectivity index (χ0) is 17.0. The monoisotopic (exact) mass is 335 g/mol. The zero-order valence-electron chi connectivity index (χ0n) is 14.0. The number of aliphatic carboxylic acids is 1. The van der Waals surface area contributed by atoms with E-state index in [0.29, 0.717) is 38.8 Å². The van der Waals surface area contributed by atoms with Crippen LogP contribution < -0.4 is 5.32 Å². The zero-order valence-corrected chi connectivity index (χ0v) is 15.0. The van der Waals surface area contributed by atoms with E-state index in [9.17, 15) is 9.59 Å². The largest absolute Gasteiger partial charge is 0.500 e. The minimum absolute atomic E-state index is 0.165. The number of carbonyl (C=O) groups is 2. The average Bonchev–Trinajstić information content (AvgIpc) is 2.43. The highest BCUT2D eigenvalue weighted by molar-refractivity contribution is 6.60. The number of carboxylic acids is 1. The maximum Gasteiger partial charge on any atom is 0.500 e. The van der Waals surface area contributed by atoms with Crippen LogP contribution in [-0.4, -0.2) is 52.2 Å². The van der Waals surface area contributed by atoms with Gasteiger partial charge in [0.05, 0.1) is 6.42 Å². The molecule has 2 N–H and O–H groups in total. The van der Waals surface area contributed by atoms with Crippen LogP contribution in [-0.2, 0) is 22.9 Å². The van der Waals surface area contributed by atoms with Gasteiger partial charge >= 0.3 is 14.8 Å². The molecule has 0 bridgehead atoms. The van der Waals surface area contributed by atoms with Gasteiger partial charge in [-0.1, -0.05) is 6.92 Å². The number of hydrogen-bond acceptors (Lipinski definition) is 5. The van der Waals surface area contributed by atoms with Crippen LogP contribution in [0.1, 0.15) is 40.5 Å². The molecule has 0 aromatic heterocycles. The van der Waals surface area contributed by atoms with E-state index in [2.05, 4.69) is 5.32 Å². The number of amides is 1. The second-order valence-electron chi connectivity index (χ2n) is 4.88. The highest BCUT2D eigenvalue weighted by Gasteiger charge is 2.39. The Morgan fingerprint density at radius 1 is 1.09 bits per heavy atom. The van der Waals surface area contributed by atoms with Gasteiger partial charge in [-0.15, -0.1) is 0 Å². The van der Waals surface area contributed by atoms with Crippen molar-refractivity contribution in [1.29, 1.82) is 0 Å². The quantitative estimate of drug-likeness (QED) is 0.393. The van der Waals surface area contributed by atoms with Crippen LogP contribution in [0.25, 0.3) is 0 Å². The molecule has 0 rings (SSSR count). The Morgan fingerprint density at radius 2 is 1.59 bits per heavy atom. The van der Waals surface area contributed by atoms with E-state index in [-0.39, 0.29) is 12.3 Å². The Kier molecular flexibility index (Phi) is 11.1.